The standard InChI is InChI=1S/C9H16N6OS/c1-14-9(11-12-13-14)17-7-8(16)15-5-2-3-10-4-6-15/h10H,2-7H2,1H3. The highest BCUT2D eigenvalue weighted by Crippen LogP contribution is 2.13. The Balaban J connectivity index is 1.82. The van der Waals surface area contributed by atoms with Gasteiger partial charge in [0.2, 0.25) is 11.1 Å². The van der Waals surface area contributed by atoms with E-state index >= 15 is 0 Å². The van der Waals surface area contributed by atoms with Gasteiger partial charge in [-0.3, -0.25) is 4.79 Å². The van der Waals surface area contributed by atoms with Crippen LogP contribution in [0, 0.1) is 0 Å². The highest BCUT2D eigenvalue weighted by Gasteiger charge is 2.16. The predicted molar refractivity (Wildman–Crippen MR) is 63.6 cm³/mol. The second-order valence-electron chi connectivity index (χ2n) is 3.86. The smallest absolute Gasteiger partial charge is 0.233 e. The van der Waals surface area contributed by atoms with Gasteiger partial charge in [0.1, 0.15) is 0 Å². The number of amides is 1. The van der Waals surface area contributed by atoms with Crippen LogP contribution < -0.4 is 5.32 Å². The Labute approximate surface area is 104 Å². The monoisotopic (exact) mass is 256 g/mol. The van der Waals surface area contributed by atoms with Crippen LogP contribution in [-0.4, -0.2) is 62.9 Å². The molecule has 94 valence electrons. The molecular formula is C9H16N6OS. The number of tetrazole rings is 1. The molecule has 1 N–H and O–H groups in total. The Morgan fingerprint density at radius 1 is 1.47 bits per heavy atom. The van der Waals surface area contributed by atoms with Crippen LogP contribution in [0.5, 0.6) is 0 Å². The van der Waals surface area contributed by atoms with Gasteiger partial charge in [0.25, 0.3) is 0 Å². The summed E-state index contributed by atoms with van der Waals surface area (Å²) < 4.78 is 1.57. The molecule has 2 heterocycles. The Morgan fingerprint density at radius 2 is 2.35 bits per heavy atom. The number of nitrogens with one attached hydrogen (secondary N) is 1. The molecular weight excluding hydrogens is 240 g/mol. The van der Waals surface area contributed by atoms with Crippen molar-refractivity contribution in [3.63, 3.8) is 0 Å². The van der Waals surface area contributed by atoms with Crippen LogP contribution in [0.15, 0.2) is 5.16 Å². The number of hydrogen-bond acceptors (Lipinski definition) is 6. The van der Waals surface area contributed by atoms with Gasteiger partial charge in [0.15, 0.2) is 0 Å². The van der Waals surface area contributed by atoms with Gasteiger partial charge in [-0.1, -0.05) is 11.8 Å². The second kappa shape index (κ2) is 5.97. The summed E-state index contributed by atoms with van der Waals surface area (Å²) in [6.07, 6.45) is 1.02. The molecule has 0 aliphatic carbocycles. The molecule has 0 bridgehead atoms. The molecule has 8 heteroatoms. The fourth-order valence-electron chi connectivity index (χ4n) is 1.66. The zero-order chi connectivity index (χ0) is 12.1. The highest BCUT2D eigenvalue weighted by molar-refractivity contribution is 7.99. The topological polar surface area (TPSA) is 75.9 Å². The van der Waals surface area contributed by atoms with Crippen molar-refractivity contribution in [2.45, 2.75) is 11.6 Å². The minimum absolute atomic E-state index is 0.154. The Kier molecular flexibility index (Phi) is 4.32. The first-order valence-electron chi connectivity index (χ1n) is 5.61. The molecule has 1 saturated heterocycles. The molecule has 7 nitrogen and oxygen atoms in total. The number of rotatable bonds is 3. The van der Waals surface area contributed by atoms with E-state index in [-0.39, 0.29) is 5.91 Å². The lowest BCUT2D eigenvalue weighted by molar-refractivity contribution is -0.128. The summed E-state index contributed by atoms with van der Waals surface area (Å²) in [5, 5.41) is 15.0. The zero-order valence-electron chi connectivity index (χ0n) is 9.80. The number of aromatic nitrogens is 4. The van der Waals surface area contributed by atoms with Crippen molar-refractivity contribution in [1.29, 1.82) is 0 Å². The molecule has 1 amide bonds. The molecule has 1 fully saturated rings. The maximum atomic E-state index is 12.0. The predicted octanol–water partition coefficient (Wildman–Crippen LogP) is -0.876. The molecule has 1 aliphatic heterocycles. The molecule has 1 aromatic heterocycles. The van der Waals surface area contributed by atoms with E-state index in [1.54, 1.807) is 11.7 Å². The van der Waals surface area contributed by atoms with Gasteiger partial charge in [-0.25, -0.2) is 4.68 Å². The highest BCUT2D eigenvalue weighted by atomic mass is 32.2. The quantitative estimate of drug-likeness (QED) is 0.708. The second-order valence-corrected chi connectivity index (χ2v) is 4.80. The van der Waals surface area contributed by atoms with Crippen LogP contribution in [0.4, 0.5) is 0 Å². The number of aryl methyl sites for hydroxylation is 1. The van der Waals surface area contributed by atoms with E-state index in [0.29, 0.717) is 10.9 Å². The fourth-order valence-corrected chi connectivity index (χ4v) is 2.41. The lowest BCUT2D eigenvalue weighted by Crippen LogP contribution is -2.35. The van der Waals surface area contributed by atoms with Crippen molar-refractivity contribution in [3.05, 3.63) is 0 Å². The number of carbonyl (C=O) groups is 1. The van der Waals surface area contributed by atoms with Crippen molar-refractivity contribution >= 4 is 17.7 Å². The molecule has 0 unspecified atom stereocenters. The minimum atomic E-state index is 0.154. The SMILES string of the molecule is Cn1nnnc1SCC(=O)N1CCCNCC1. The van der Waals surface area contributed by atoms with Crippen molar-refractivity contribution in [2.24, 2.45) is 7.05 Å². The summed E-state index contributed by atoms with van der Waals surface area (Å²) in [7, 11) is 1.77. The molecule has 0 spiro atoms. The maximum Gasteiger partial charge on any atom is 0.233 e. The number of carbonyl (C=O) groups excluding carboxylic acids is 1. The lowest BCUT2D eigenvalue weighted by Gasteiger charge is -2.19. The first-order valence-corrected chi connectivity index (χ1v) is 6.59. The van der Waals surface area contributed by atoms with Gasteiger partial charge in [-0.15, -0.1) is 5.10 Å². The van der Waals surface area contributed by atoms with E-state index in [1.807, 2.05) is 4.90 Å². The lowest BCUT2D eigenvalue weighted by atomic mass is 10.4. The van der Waals surface area contributed by atoms with Crippen molar-refractivity contribution < 1.29 is 4.79 Å². The summed E-state index contributed by atoms with van der Waals surface area (Å²) in [6.45, 7) is 3.49. The van der Waals surface area contributed by atoms with Crippen LogP contribution >= 0.6 is 11.8 Å². The van der Waals surface area contributed by atoms with E-state index in [0.717, 1.165) is 32.6 Å². The Morgan fingerprint density at radius 3 is 3.12 bits per heavy atom. The third kappa shape index (κ3) is 3.40. The average Bonchev–Trinajstić information content (AvgIpc) is 2.58. The molecule has 1 aliphatic rings. The van der Waals surface area contributed by atoms with E-state index < -0.39 is 0 Å². The number of nitrogens with zero attached hydrogens (tertiary/aromatic N) is 5. The largest absolute Gasteiger partial charge is 0.341 e. The Bertz CT molecular complexity index is 373. The van der Waals surface area contributed by atoms with Gasteiger partial charge >= 0.3 is 0 Å². The van der Waals surface area contributed by atoms with Gasteiger partial charge in [-0.2, -0.15) is 0 Å². The molecule has 0 radical (unpaired) electrons. The minimum Gasteiger partial charge on any atom is -0.341 e. The first-order chi connectivity index (χ1) is 8.27. The molecule has 0 saturated carbocycles. The summed E-state index contributed by atoms with van der Waals surface area (Å²) in [4.78, 5) is 13.9. The summed E-state index contributed by atoms with van der Waals surface area (Å²) >= 11 is 1.38. The third-order valence-corrected chi connectivity index (χ3v) is 3.59. The van der Waals surface area contributed by atoms with E-state index in [1.165, 1.54) is 11.8 Å². The average molecular weight is 256 g/mol. The van der Waals surface area contributed by atoms with Crippen molar-refractivity contribution in [3.8, 4) is 0 Å². The van der Waals surface area contributed by atoms with Crippen molar-refractivity contribution in [2.75, 3.05) is 31.9 Å². The Hall–Kier alpha value is -1.15. The molecule has 0 aromatic carbocycles. The van der Waals surface area contributed by atoms with Crippen LogP contribution in [0.1, 0.15) is 6.42 Å². The summed E-state index contributed by atoms with van der Waals surface area (Å²) in [5.41, 5.74) is 0. The third-order valence-electron chi connectivity index (χ3n) is 2.60. The number of thioether (sulfide) groups is 1. The summed E-state index contributed by atoms with van der Waals surface area (Å²) in [6, 6.07) is 0. The van der Waals surface area contributed by atoms with Gasteiger partial charge in [0.05, 0.1) is 5.75 Å². The molecule has 17 heavy (non-hydrogen) atoms. The van der Waals surface area contributed by atoms with Crippen molar-refractivity contribution in [1.82, 2.24) is 30.4 Å². The molecule has 2 rings (SSSR count). The van der Waals surface area contributed by atoms with Crippen LogP contribution in [0.25, 0.3) is 0 Å². The molecule has 1 aromatic rings. The summed E-state index contributed by atoms with van der Waals surface area (Å²) in [5.74, 6) is 0.551. The number of hydrogen-bond donors (Lipinski definition) is 1. The van der Waals surface area contributed by atoms with Gasteiger partial charge in [-0.05, 0) is 23.4 Å². The van der Waals surface area contributed by atoms with Crippen LogP contribution in [0.3, 0.4) is 0 Å². The zero-order valence-corrected chi connectivity index (χ0v) is 10.6. The van der Waals surface area contributed by atoms with Gasteiger partial charge in [0, 0.05) is 26.7 Å². The fraction of sp³-hybridized carbons (Fsp3) is 0.778. The first kappa shape index (κ1) is 12.3. The normalized spacial score (nSPS) is 16.9. The van der Waals surface area contributed by atoms with E-state index in [2.05, 4.69) is 20.8 Å². The van der Waals surface area contributed by atoms with Gasteiger partial charge < -0.3 is 10.2 Å². The van der Waals surface area contributed by atoms with Crippen LogP contribution in [-0.2, 0) is 11.8 Å². The maximum absolute atomic E-state index is 12.0. The van der Waals surface area contributed by atoms with Crippen LogP contribution in [0.2, 0.25) is 0 Å². The van der Waals surface area contributed by atoms with E-state index in [4.69, 9.17) is 0 Å². The van der Waals surface area contributed by atoms with E-state index in [9.17, 15) is 4.79 Å². The molecule has 0 atom stereocenters.